The van der Waals surface area contributed by atoms with Crippen LogP contribution < -0.4 is 9.64 Å². The van der Waals surface area contributed by atoms with Crippen LogP contribution in [0.2, 0.25) is 0 Å². The second-order valence-corrected chi connectivity index (χ2v) is 9.48. The minimum absolute atomic E-state index is 0.213. The summed E-state index contributed by atoms with van der Waals surface area (Å²) >= 11 is 1.66. The molecule has 5 rings (SSSR count). The van der Waals surface area contributed by atoms with Gasteiger partial charge in [-0.1, -0.05) is 41.7 Å². The van der Waals surface area contributed by atoms with Crippen molar-refractivity contribution in [1.82, 2.24) is 15.1 Å². The average molecular weight is 449 g/mol. The number of ether oxygens (including phenoxy) is 1. The second-order valence-electron chi connectivity index (χ2n) is 8.47. The molecule has 0 unspecified atom stereocenters. The molecule has 1 amide bonds. The smallest absolute Gasteiger partial charge is 0.241 e. The summed E-state index contributed by atoms with van der Waals surface area (Å²) in [6.07, 6.45) is 4.11. The second kappa shape index (κ2) is 9.38. The monoisotopic (exact) mass is 448 g/mol. The van der Waals surface area contributed by atoms with Crippen molar-refractivity contribution in [3.05, 3.63) is 59.1 Å². The van der Waals surface area contributed by atoms with E-state index in [1.165, 1.54) is 5.56 Å². The van der Waals surface area contributed by atoms with Gasteiger partial charge in [0.25, 0.3) is 0 Å². The number of rotatable bonds is 5. The number of methoxy groups -OCH3 is 1. The number of anilines is 1. The van der Waals surface area contributed by atoms with Crippen LogP contribution in [0.5, 0.6) is 5.75 Å². The number of hydrogen-bond acceptors (Lipinski definition) is 6. The first-order chi connectivity index (χ1) is 15.7. The van der Waals surface area contributed by atoms with Gasteiger partial charge in [-0.15, -0.1) is 10.2 Å². The molecule has 32 heavy (non-hydrogen) atoms. The maximum Gasteiger partial charge on any atom is 0.241 e. The van der Waals surface area contributed by atoms with Crippen LogP contribution in [0.1, 0.15) is 35.8 Å². The molecule has 1 saturated heterocycles. The fourth-order valence-corrected chi connectivity index (χ4v) is 5.78. The number of carbonyl (C=O) groups is 1. The predicted octanol–water partition coefficient (Wildman–Crippen LogP) is 4.37. The summed E-state index contributed by atoms with van der Waals surface area (Å²) in [5.41, 5.74) is 3.37. The molecule has 0 spiro atoms. The Kier molecular flexibility index (Phi) is 6.19. The molecule has 7 heteroatoms. The average Bonchev–Trinajstić information content (AvgIpc) is 3.34. The molecular formula is C25H28N4O2S. The SMILES string of the molecule is COc1ccccc1-c1nnc(C2CCN(CC(=O)N3CCCc4ccccc43)CC2)s1. The first-order valence-electron chi connectivity index (χ1n) is 11.3. The number of para-hydroxylation sites is 2. The molecule has 0 atom stereocenters. The van der Waals surface area contributed by atoms with Gasteiger partial charge < -0.3 is 9.64 Å². The standard InChI is InChI=1S/C25H28N4O2S/c1-31-22-11-5-3-9-20(22)25-27-26-24(32-25)19-12-15-28(16-13-19)17-23(30)29-14-6-8-18-7-2-4-10-21(18)29/h2-5,7,9-11,19H,6,8,12-17H2,1H3. The van der Waals surface area contributed by atoms with Gasteiger partial charge in [0.05, 0.1) is 19.2 Å². The number of benzene rings is 2. The zero-order valence-electron chi connectivity index (χ0n) is 18.4. The summed E-state index contributed by atoms with van der Waals surface area (Å²) < 4.78 is 5.47. The third-order valence-electron chi connectivity index (χ3n) is 6.48. The van der Waals surface area contributed by atoms with Gasteiger partial charge in [-0.2, -0.15) is 0 Å². The van der Waals surface area contributed by atoms with Crippen LogP contribution in [0.3, 0.4) is 0 Å². The van der Waals surface area contributed by atoms with E-state index in [1.54, 1.807) is 18.4 Å². The number of carbonyl (C=O) groups excluding carboxylic acids is 1. The summed E-state index contributed by atoms with van der Waals surface area (Å²) in [7, 11) is 1.68. The molecule has 3 aromatic rings. The Labute approximate surface area is 192 Å². The largest absolute Gasteiger partial charge is 0.496 e. The van der Waals surface area contributed by atoms with Crippen molar-refractivity contribution in [1.29, 1.82) is 0 Å². The lowest BCUT2D eigenvalue weighted by atomic mass is 9.97. The first-order valence-corrected chi connectivity index (χ1v) is 12.1. The normalized spacial score (nSPS) is 17.2. The van der Waals surface area contributed by atoms with Crippen molar-refractivity contribution >= 4 is 22.9 Å². The van der Waals surface area contributed by atoms with Crippen LogP contribution in [0, 0.1) is 0 Å². The number of nitrogens with zero attached hydrogens (tertiary/aromatic N) is 4. The van der Waals surface area contributed by atoms with Gasteiger partial charge >= 0.3 is 0 Å². The predicted molar refractivity (Wildman–Crippen MR) is 127 cm³/mol. The maximum absolute atomic E-state index is 13.1. The van der Waals surface area contributed by atoms with Gasteiger partial charge in [-0.25, -0.2) is 0 Å². The molecule has 0 radical (unpaired) electrons. The molecule has 2 aromatic carbocycles. The van der Waals surface area contributed by atoms with Crippen molar-refractivity contribution in [2.24, 2.45) is 0 Å². The molecule has 0 N–H and O–H groups in total. The Morgan fingerprint density at radius 2 is 1.84 bits per heavy atom. The molecule has 3 heterocycles. The highest BCUT2D eigenvalue weighted by Gasteiger charge is 2.28. The van der Waals surface area contributed by atoms with E-state index in [0.29, 0.717) is 12.5 Å². The summed E-state index contributed by atoms with van der Waals surface area (Å²) in [4.78, 5) is 17.3. The summed E-state index contributed by atoms with van der Waals surface area (Å²) in [6.45, 7) is 3.14. The Morgan fingerprint density at radius 1 is 1.06 bits per heavy atom. The van der Waals surface area contributed by atoms with Gasteiger partial charge in [0.15, 0.2) is 5.01 Å². The number of piperidine rings is 1. The van der Waals surface area contributed by atoms with E-state index in [0.717, 1.165) is 72.3 Å². The fraction of sp³-hybridized carbons (Fsp3) is 0.400. The summed E-state index contributed by atoms with van der Waals surface area (Å²) in [5, 5.41) is 10.9. The van der Waals surface area contributed by atoms with Crippen LogP contribution in [0.15, 0.2) is 48.5 Å². The van der Waals surface area contributed by atoms with E-state index in [4.69, 9.17) is 4.74 Å². The Bertz CT molecular complexity index is 1090. The van der Waals surface area contributed by atoms with Crippen molar-refractivity contribution in [2.75, 3.05) is 38.2 Å². The Morgan fingerprint density at radius 3 is 2.69 bits per heavy atom. The lowest BCUT2D eigenvalue weighted by molar-refractivity contribution is -0.120. The quantitative estimate of drug-likeness (QED) is 0.580. The van der Waals surface area contributed by atoms with E-state index in [1.807, 2.05) is 35.2 Å². The van der Waals surface area contributed by atoms with Crippen LogP contribution in [0.4, 0.5) is 5.69 Å². The summed E-state index contributed by atoms with van der Waals surface area (Å²) in [6, 6.07) is 16.2. The molecule has 0 aliphatic carbocycles. The zero-order valence-corrected chi connectivity index (χ0v) is 19.2. The van der Waals surface area contributed by atoms with Crippen molar-refractivity contribution in [3.63, 3.8) is 0 Å². The zero-order chi connectivity index (χ0) is 21.9. The van der Waals surface area contributed by atoms with Gasteiger partial charge in [0.2, 0.25) is 5.91 Å². The van der Waals surface area contributed by atoms with E-state index < -0.39 is 0 Å². The van der Waals surface area contributed by atoms with E-state index in [2.05, 4.69) is 33.3 Å². The van der Waals surface area contributed by atoms with Crippen LogP contribution in [0.25, 0.3) is 10.6 Å². The maximum atomic E-state index is 13.1. The Balaban J connectivity index is 1.19. The fourth-order valence-electron chi connectivity index (χ4n) is 4.74. The molecule has 166 valence electrons. The van der Waals surface area contributed by atoms with Gasteiger partial charge in [0, 0.05) is 18.2 Å². The number of likely N-dealkylation sites (tertiary alicyclic amines) is 1. The number of amides is 1. The molecule has 0 bridgehead atoms. The van der Waals surface area contributed by atoms with Gasteiger partial charge in [-0.3, -0.25) is 9.69 Å². The lowest BCUT2D eigenvalue weighted by Crippen LogP contribution is -2.45. The Hall–Kier alpha value is -2.77. The number of hydrogen-bond donors (Lipinski definition) is 0. The van der Waals surface area contributed by atoms with Crippen LogP contribution in [-0.4, -0.2) is 54.3 Å². The molecule has 1 fully saturated rings. The van der Waals surface area contributed by atoms with Crippen molar-refractivity contribution in [3.8, 4) is 16.3 Å². The number of aryl methyl sites for hydroxylation is 1. The molecule has 1 aromatic heterocycles. The minimum atomic E-state index is 0.213. The van der Waals surface area contributed by atoms with E-state index in [-0.39, 0.29) is 5.91 Å². The lowest BCUT2D eigenvalue weighted by Gasteiger charge is -2.34. The third kappa shape index (κ3) is 4.27. The number of fused-ring (bicyclic) bond motifs is 1. The highest BCUT2D eigenvalue weighted by molar-refractivity contribution is 7.14. The van der Waals surface area contributed by atoms with Crippen molar-refractivity contribution < 1.29 is 9.53 Å². The van der Waals surface area contributed by atoms with Crippen molar-refractivity contribution in [2.45, 2.75) is 31.6 Å². The van der Waals surface area contributed by atoms with Gasteiger partial charge in [-0.05, 0) is 62.5 Å². The molecule has 0 saturated carbocycles. The first kappa shape index (κ1) is 21.1. The van der Waals surface area contributed by atoms with Crippen LogP contribution in [-0.2, 0) is 11.2 Å². The van der Waals surface area contributed by atoms with E-state index >= 15 is 0 Å². The molecule has 2 aliphatic rings. The highest BCUT2D eigenvalue weighted by atomic mass is 32.1. The highest BCUT2D eigenvalue weighted by Crippen LogP contribution is 2.36. The molecule has 2 aliphatic heterocycles. The summed E-state index contributed by atoms with van der Waals surface area (Å²) in [5.74, 6) is 1.44. The minimum Gasteiger partial charge on any atom is -0.496 e. The topological polar surface area (TPSA) is 58.6 Å². The number of aromatic nitrogens is 2. The molecular weight excluding hydrogens is 420 g/mol. The molecule has 6 nitrogen and oxygen atoms in total. The van der Waals surface area contributed by atoms with Gasteiger partial charge in [0.1, 0.15) is 10.8 Å². The third-order valence-corrected chi connectivity index (χ3v) is 7.60. The van der Waals surface area contributed by atoms with E-state index in [9.17, 15) is 4.79 Å². The van der Waals surface area contributed by atoms with Crippen LogP contribution >= 0.6 is 11.3 Å².